The molecule has 0 radical (unpaired) electrons. The number of carbonyl (C=O) groups excluding carboxylic acids is 1. The van der Waals surface area contributed by atoms with E-state index in [1.165, 1.54) is 32.2 Å². The number of rotatable bonds is 6. The van der Waals surface area contributed by atoms with Crippen molar-refractivity contribution in [1.29, 1.82) is 0 Å². The van der Waals surface area contributed by atoms with Crippen molar-refractivity contribution < 1.29 is 9.18 Å². The first-order valence-electron chi connectivity index (χ1n) is 12.5. The fourth-order valence-electron chi connectivity index (χ4n) is 4.97. The van der Waals surface area contributed by atoms with Gasteiger partial charge >= 0.3 is 5.69 Å². The zero-order valence-corrected chi connectivity index (χ0v) is 20.5. The summed E-state index contributed by atoms with van der Waals surface area (Å²) in [5.74, 6) is -0.216. The zero-order valence-electron chi connectivity index (χ0n) is 20.5. The molecule has 8 nitrogen and oxygen atoms in total. The summed E-state index contributed by atoms with van der Waals surface area (Å²) >= 11 is 0. The highest BCUT2D eigenvalue weighted by Gasteiger charge is 2.21. The maximum absolute atomic E-state index is 13.5. The van der Waals surface area contributed by atoms with Gasteiger partial charge in [0.2, 0.25) is 5.78 Å². The van der Waals surface area contributed by atoms with Crippen LogP contribution >= 0.6 is 0 Å². The van der Waals surface area contributed by atoms with Crippen LogP contribution in [0.2, 0.25) is 0 Å². The van der Waals surface area contributed by atoms with E-state index in [-0.39, 0.29) is 41.6 Å². The lowest BCUT2D eigenvalue weighted by atomic mass is 9.95. The first-order chi connectivity index (χ1) is 17.3. The molecular formula is C27H30FN5O3. The van der Waals surface area contributed by atoms with Crippen molar-refractivity contribution in [3.63, 3.8) is 0 Å². The molecule has 0 aliphatic heterocycles. The van der Waals surface area contributed by atoms with Gasteiger partial charge in [0.25, 0.3) is 11.5 Å². The standard InChI is InChI=1S/C27H30FN5O3/c1-17(2)15-31-25(35)22-13-10-19(24(34)29-21-6-4-3-5-7-21)14-23(22)33-26(31)30-32(27(33)36)16-18-8-11-20(28)12-9-18/h8-14,17,21H,3-7,15-16H2,1-2H3,(H,29,34). The Morgan fingerprint density at radius 1 is 1.08 bits per heavy atom. The third-order valence-corrected chi connectivity index (χ3v) is 6.77. The van der Waals surface area contributed by atoms with Gasteiger partial charge in [0.1, 0.15) is 5.82 Å². The zero-order chi connectivity index (χ0) is 25.4. The maximum Gasteiger partial charge on any atom is 0.352 e. The van der Waals surface area contributed by atoms with E-state index in [0.717, 1.165) is 25.7 Å². The molecular weight excluding hydrogens is 461 g/mol. The van der Waals surface area contributed by atoms with Gasteiger partial charge in [-0.15, -0.1) is 5.10 Å². The van der Waals surface area contributed by atoms with Crippen molar-refractivity contribution in [3.8, 4) is 0 Å². The van der Waals surface area contributed by atoms with Crippen LogP contribution in [0.4, 0.5) is 4.39 Å². The van der Waals surface area contributed by atoms with E-state index in [9.17, 15) is 18.8 Å². The molecule has 2 aromatic heterocycles. The van der Waals surface area contributed by atoms with Crippen LogP contribution in [0.3, 0.4) is 0 Å². The predicted molar refractivity (Wildman–Crippen MR) is 136 cm³/mol. The van der Waals surface area contributed by atoms with E-state index in [1.54, 1.807) is 30.3 Å². The smallest absolute Gasteiger partial charge is 0.349 e. The molecule has 1 aliphatic carbocycles. The van der Waals surface area contributed by atoms with Gasteiger partial charge in [-0.3, -0.25) is 14.2 Å². The molecule has 1 aliphatic rings. The summed E-state index contributed by atoms with van der Waals surface area (Å²) in [6, 6.07) is 10.9. The molecule has 9 heteroatoms. The first-order valence-corrected chi connectivity index (χ1v) is 12.5. The van der Waals surface area contributed by atoms with Crippen molar-refractivity contribution in [2.75, 3.05) is 0 Å². The Labute approximate surface area is 207 Å². The third kappa shape index (κ3) is 4.57. The average Bonchev–Trinajstić information content (AvgIpc) is 3.19. The minimum atomic E-state index is -0.429. The molecule has 0 atom stereocenters. The van der Waals surface area contributed by atoms with Gasteiger partial charge in [-0.05, 0) is 54.7 Å². The lowest BCUT2D eigenvalue weighted by Crippen LogP contribution is -2.36. The summed E-state index contributed by atoms with van der Waals surface area (Å²) in [5, 5.41) is 7.94. The van der Waals surface area contributed by atoms with Gasteiger partial charge in [-0.1, -0.05) is 45.2 Å². The number of hydrogen-bond donors (Lipinski definition) is 1. The molecule has 1 amide bonds. The van der Waals surface area contributed by atoms with Gasteiger partial charge in [-0.2, -0.15) is 0 Å². The summed E-state index contributed by atoms with van der Waals surface area (Å²) in [7, 11) is 0. The van der Waals surface area contributed by atoms with Crippen LogP contribution in [0.1, 0.15) is 61.9 Å². The normalized spacial score (nSPS) is 14.7. The van der Waals surface area contributed by atoms with E-state index >= 15 is 0 Å². The van der Waals surface area contributed by atoms with Crippen LogP contribution in [0.15, 0.2) is 52.1 Å². The molecule has 0 unspecified atom stereocenters. The van der Waals surface area contributed by atoms with Crippen molar-refractivity contribution >= 4 is 22.6 Å². The van der Waals surface area contributed by atoms with Crippen molar-refractivity contribution in [1.82, 2.24) is 24.1 Å². The summed E-state index contributed by atoms with van der Waals surface area (Å²) in [5.41, 5.74) is 0.762. The molecule has 188 valence electrons. The fraction of sp³-hybridized carbons (Fsp3) is 0.407. The molecule has 2 aromatic carbocycles. The van der Waals surface area contributed by atoms with E-state index in [4.69, 9.17) is 0 Å². The number of halogens is 1. The van der Waals surface area contributed by atoms with E-state index in [2.05, 4.69) is 10.4 Å². The van der Waals surface area contributed by atoms with Crippen molar-refractivity contribution in [2.24, 2.45) is 5.92 Å². The Kier molecular flexibility index (Phi) is 6.47. The molecule has 1 N–H and O–H groups in total. The van der Waals surface area contributed by atoms with Crippen LogP contribution in [0, 0.1) is 11.7 Å². The highest BCUT2D eigenvalue weighted by molar-refractivity contribution is 5.98. The molecule has 4 aromatic rings. The molecule has 5 rings (SSSR count). The van der Waals surface area contributed by atoms with Crippen LogP contribution in [-0.2, 0) is 13.1 Å². The second-order valence-corrected chi connectivity index (χ2v) is 10.1. The van der Waals surface area contributed by atoms with Gasteiger partial charge in [0.15, 0.2) is 0 Å². The summed E-state index contributed by atoms with van der Waals surface area (Å²) in [4.78, 5) is 40.0. The number of aromatic nitrogens is 4. The summed E-state index contributed by atoms with van der Waals surface area (Å²) < 4.78 is 17.5. The molecule has 0 spiro atoms. The van der Waals surface area contributed by atoms with Crippen molar-refractivity contribution in [3.05, 3.63) is 80.2 Å². The fourth-order valence-corrected chi connectivity index (χ4v) is 4.97. The van der Waals surface area contributed by atoms with Crippen molar-refractivity contribution in [2.45, 2.75) is 65.1 Å². The van der Waals surface area contributed by atoms with E-state index in [0.29, 0.717) is 28.6 Å². The van der Waals surface area contributed by atoms with Crippen LogP contribution in [-0.4, -0.2) is 30.7 Å². The number of fused-ring (bicyclic) bond motifs is 3. The predicted octanol–water partition coefficient (Wildman–Crippen LogP) is 3.72. The Hall–Kier alpha value is -3.75. The highest BCUT2D eigenvalue weighted by Crippen LogP contribution is 2.19. The molecule has 36 heavy (non-hydrogen) atoms. The molecule has 0 bridgehead atoms. The second-order valence-electron chi connectivity index (χ2n) is 10.1. The summed E-state index contributed by atoms with van der Waals surface area (Å²) in [6.07, 6.45) is 5.30. The number of amides is 1. The Bertz CT molecular complexity index is 1540. The van der Waals surface area contributed by atoms with Gasteiger partial charge in [-0.25, -0.2) is 18.3 Å². The first kappa shape index (κ1) is 24.0. The topological polar surface area (TPSA) is 90.4 Å². The van der Waals surface area contributed by atoms with Gasteiger partial charge < -0.3 is 5.32 Å². The number of benzene rings is 2. The Morgan fingerprint density at radius 2 is 1.81 bits per heavy atom. The van der Waals surface area contributed by atoms with Gasteiger partial charge in [0.05, 0.1) is 17.4 Å². The number of carbonyl (C=O) groups is 1. The summed E-state index contributed by atoms with van der Waals surface area (Å²) in [6.45, 7) is 4.48. The SMILES string of the molecule is CC(C)Cn1c(=O)c2ccc(C(=O)NC3CCCCC3)cc2n2c(=O)n(Cc3ccc(F)cc3)nc12. The highest BCUT2D eigenvalue weighted by atomic mass is 19.1. The lowest BCUT2D eigenvalue weighted by molar-refractivity contribution is 0.0928. The Morgan fingerprint density at radius 3 is 2.50 bits per heavy atom. The van der Waals surface area contributed by atoms with Crippen LogP contribution in [0.5, 0.6) is 0 Å². The second kappa shape index (κ2) is 9.72. The number of nitrogens with zero attached hydrogens (tertiary/aromatic N) is 4. The van der Waals surface area contributed by atoms with Crippen LogP contribution < -0.4 is 16.6 Å². The Balaban J connectivity index is 1.64. The lowest BCUT2D eigenvalue weighted by Gasteiger charge is -2.22. The maximum atomic E-state index is 13.5. The monoisotopic (exact) mass is 491 g/mol. The largest absolute Gasteiger partial charge is 0.352 e. The van der Waals surface area contributed by atoms with Crippen LogP contribution in [0.25, 0.3) is 16.7 Å². The third-order valence-electron chi connectivity index (χ3n) is 6.77. The van der Waals surface area contributed by atoms with E-state index in [1.807, 2.05) is 13.8 Å². The molecule has 2 heterocycles. The van der Waals surface area contributed by atoms with E-state index < -0.39 is 5.69 Å². The minimum absolute atomic E-state index is 0.125. The number of hydrogen-bond acceptors (Lipinski definition) is 4. The molecule has 1 saturated carbocycles. The quantitative estimate of drug-likeness (QED) is 0.445. The van der Waals surface area contributed by atoms with Gasteiger partial charge in [0, 0.05) is 18.2 Å². The molecule has 0 saturated heterocycles. The molecule has 1 fully saturated rings. The number of nitrogens with one attached hydrogen (secondary N) is 1. The minimum Gasteiger partial charge on any atom is -0.349 e. The average molecular weight is 492 g/mol.